The maximum atomic E-state index is 4.69. The summed E-state index contributed by atoms with van der Waals surface area (Å²) < 4.78 is 1.28. The third-order valence-electron chi connectivity index (χ3n) is 3.35. The average Bonchev–Trinajstić information content (AvgIpc) is 2.97. The monoisotopic (exact) mass is 225 g/mol. The lowest BCUT2D eigenvalue weighted by molar-refractivity contribution is 0.984. The number of aromatic nitrogens is 1. The lowest BCUT2D eigenvalue weighted by atomic mass is 10.1. The van der Waals surface area contributed by atoms with Crippen molar-refractivity contribution < 1.29 is 0 Å². The fourth-order valence-corrected chi connectivity index (χ4v) is 3.27. The van der Waals surface area contributed by atoms with E-state index in [0.717, 1.165) is 17.4 Å². The Morgan fingerprint density at radius 3 is 3.00 bits per heavy atom. The second kappa shape index (κ2) is 3.05. The van der Waals surface area contributed by atoms with Gasteiger partial charge in [0.15, 0.2) is 0 Å². The molecule has 1 heterocycles. The lowest BCUT2D eigenvalue weighted by Crippen LogP contribution is -1.86. The van der Waals surface area contributed by atoms with Gasteiger partial charge < -0.3 is 0 Å². The largest absolute Gasteiger partial charge is 0.236 e. The highest BCUT2D eigenvalue weighted by atomic mass is 32.1. The van der Waals surface area contributed by atoms with E-state index < -0.39 is 0 Å². The van der Waals surface area contributed by atoms with Crippen LogP contribution in [0.25, 0.3) is 15.8 Å². The maximum Gasteiger partial charge on any atom is 0.124 e. The molecule has 0 bridgehead atoms. The minimum absolute atomic E-state index is 0.798. The molecule has 1 aromatic carbocycles. The maximum absolute atomic E-state index is 4.69. The summed E-state index contributed by atoms with van der Waals surface area (Å²) in [5.41, 5.74) is 2.44. The van der Waals surface area contributed by atoms with Gasteiger partial charge in [-0.3, -0.25) is 0 Å². The van der Waals surface area contributed by atoms with E-state index in [-0.39, 0.29) is 0 Å². The molecule has 0 spiro atoms. The van der Waals surface area contributed by atoms with Crippen LogP contribution in [0.2, 0.25) is 0 Å². The molecule has 2 heteroatoms. The second-order valence-corrected chi connectivity index (χ2v) is 5.56. The zero-order valence-corrected chi connectivity index (χ0v) is 9.58. The molecular weight excluding hydrogens is 214 g/mol. The van der Waals surface area contributed by atoms with Gasteiger partial charge in [0, 0.05) is 5.57 Å². The van der Waals surface area contributed by atoms with Gasteiger partial charge in [-0.25, -0.2) is 4.98 Å². The minimum Gasteiger partial charge on any atom is -0.236 e. The third kappa shape index (κ3) is 1.26. The van der Waals surface area contributed by atoms with Crippen LogP contribution >= 0.6 is 11.3 Å². The number of hydrogen-bond donors (Lipinski definition) is 0. The van der Waals surface area contributed by atoms with Crippen LogP contribution in [0.15, 0.2) is 42.5 Å². The Balaban J connectivity index is 1.84. The van der Waals surface area contributed by atoms with Gasteiger partial charge in [-0.05, 0) is 30.4 Å². The van der Waals surface area contributed by atoms with Crippen LogP contribution in [0.5, 0.6) is 0 Å². The molecule has 0 aliphatic heterocycles. The molecule has 2 aromatic rings. The van der Waals surface area contributed by atoms with Gasteiger partial charge in [0.05, 0.1) is 10.2 Å². The first-order chi connectivity index (χ1) is 7.90. The van der Waals surface area contributed by atoms with Crippen LogP contribution in [-0.2, 0) is 0 Å². The standard InChI is InChI=1S/C14H11NS/c1-2-4-13-12(3-1)15-14(16-13)10-6-5-9-7-11(9)8-10/h1-6,8-9,11H,7H2. The SMILES string of the molecule is C1=CC2CC2C=C1c1nc2ccccc2s1. The van der Waals surface area contributed by atoms with E-state index in [2.05, 4.69) is 41.4 Å². The first-order valence-electron chi connectivity index (χ1n) is 5.66. The summed E-state index contributed by atoms with van der Waals surface area (Å²) in [5.74, 6) is 1.63. The molecule has 1 nitrogen and oxygen atoms in total. The number of thiazole rings is 1. The average molecular weight is 225 g/mol. The van der Waals surface area contributed by atoms with Crippen molar-refractivity contribution in [3.05, 3.63) is 47.5 Å². The Bertz CT molecular complexity index is 587. The Hall–Kier alpha value is -1.41. The molecule has 2 aliphatic carbocycles. The van der Waals surface area contributed by atoms with Gasteiger partial charge in [0.2, 0.25) is 0 Å². The van der Waals surface area contributed by atoms with Gasteiger partial charge in [-0.2, -0.15) is 0 Å². The van der Waals surface area contributed by atoms with Crippen LogP contribution in [-0.4, -0.2) is 4.98 Å². The van der Waals surface area contributed by atoms with Crippen LogP contribution in [0.3, 0.4) is 0 Å². The van der Waals surface area contributed by atoms with E-state index in [9.17, 15) is 0 Å². The molecule has 1 aromatic heterocycles. The van der Waals surface area contributed by atoms with Crippen molar-refractivity contribution >= 4 is 27.1 Å². The number of nitrogens with zero attached hydrogens (tertiary/aromatic N) is 1. The number of rotatable bonds is 1. The third-order valence-corrected chi connectivity index (χ3v) is 4.43. The molecule has 2 aliphatic rings. The molecule has 0 saturated heterocycles. The van der Waals surface area contributed by atoms with E-state index in [4.69, 9.17) is 0 Å². The van der Waals surface area contributed by atoms with Crippen molar-refractivity contribution in [1.29, 1.82) is 0 Å². The molecular formula is C14H11NS. The van der Waals surface area contributed by atoms with E-state index in [1.54, 1.807) is 11.3 Å². The number of hydrogen-bond acceptors (Lipinski definition) is 2. The summed E-state index contributed by atoms with van der Waals surface area (Å²) >= 11 is 1.79. The molecule has 0 amide bonds. The van der Waals surface area contributed by atoms with E-state index in [1.165, 1.54) is 21.7 Å². The van der Waals surface area contributed by atoms with Gasteiger partial charge >= 0.3 is 0 Å². The van der Waals surface area contributed by atoms with Crippen LogP contribution in [0.1, 0.15) is 11.4 Å². The van der Waals surface area contributed by atoms with Crippen molar-refractivity contribution in [3.63, 3.8) is 0 Å². The van der Waals surface area contributed by atoms with Crippen molar-refractivity contribution in [2.75, 3.05) is 0 Å². The Labute approximate surface area is 98.1 Å². The van der Waals surface area contributed by atoms with Crippen LogP contribution in [0, 0.1) is 11.8 Å². The lowest BCUT2D eigenvalue weighted by Gasteiger charge is -2.01. The fraction of sp³-hybridized carbons (Fsp3) is 0.214. The van der Waals surface area contributed by atoms with E-state index in [0.29, 0.717) is 0 Å². The molecule has 1 fully saturated rings. The van der Waals surface area contributed by atoms with Gasteiger partial charge in [0.25, 0.3) is 0 Å². The van der Waals surface area contributed by atoms with Crippen molar-refractivity contribution in [2.45, 2.75) is 6.42 Å². The molecule has 16 heavy (non-hydrogen) atoms. The number of allylic oxidation sites excluding steroid dienone is 4. The van der Waals surface area contributed by atoms with E-state index in [1.807, 2.05) is 6.07 Å². The summed E-state index contributed by atoms with van der Waals surface area (Å²) in [6.07, 6.45) is 8.31. The summed E-state index contributed by atoms with van der Waals surface area (Å²) in [4.78, 5) is 4.69. The molecule has 0 N–H and O–H groups in total. The molecule has 4 rings (SSSR count). The molecule has 2 atom stereocenters. The fourth-order valence-electron chi connectivity index (χ4n) is 2.30. The number of para-hydroxylation sites is 1. The number of fused-ring (bicyclic) bond motifs is 2. The van der Waals surface area contributed by atoms with E-state index >= 15 is 0 Å². The second-order valence-electron chi connectivity index (χ2n) is 4.53. The first-order valence-corrected chi connectivity index (χ1v) is 6.48. The van der Waals surface area contributed by atoms with Gasteiger partial charge in [-0.1, -0.05) is 30.4 Å². The Morgan fingerprint density at radius 2 is 2.12 bits per heavy atom. The highest BCUT2D eigenvalue weighted by Crippen LogP contribution is 2.46. The van der Waals surface area contributed by atoms with Crippen LogP contribution < -0.4 is 0 Å². The number of benzene rings is 1. The summed E-state index contributed by atoms with van der Waals surface area (Å²) in [6, 6.07) is 8.35. The predicted molar refractivity (Wildman–Crippen MR) is 68.3 cm³/mol. The molecule has 0 radical (unpaired) electrons. The zero-order valence-electron chi connectivity index (χ0n) is 8.76. The highest BCUT2D eigenvalue weighted by molar-refractivity contribution is 7.19. The zero-order chi connectivity index (χ0) is 10.5. The van der Waals surface area contributed by atoms with Crippen molar-refractivity contribution in [3.8, 4) is 0 Å². The molecule has 2 unspecified atom stereocenters. The topological polar surface area (TPSA) is 12.9 Å². The summed E-state index contributed by atoms with van der Waals surface area (Å²) in [5, 5.41) is 1.17. The molecule has 78 valence electrons. The van der Waals surface area contributed by atoms with Gasteiger partial charge in [-0.15, -0.1) is 11.3 Å². The quantitative estimate of drug-likeness (QED) is 0.717. The normalized spacial score (nSPS) is 26.6. The minimum atomic E-state index is 0.798. The van der Waals surface area contributed by atoms with Gasteiger partial charge in [0.1, 0.15) is 5.01 Å². The van der Waals surface area contributed by atoms with Crippen molar-refractivity contribution in [2.24, 2.45) is 11.8 Å². The summed E-state index contributed by atoms with van der Waals surface area (Å²) in [6.45, 7) is 0. The van der Waals surface area contributed by atoms with Crippen LogP contribution in [0.4, 0.5) is 0 Å². The van der Waals surface area contributed by atoms with Crippen molar-refractivity contribution in [1.82, 2.24) is 4.98 Å². The predicted octanol–water partition coefficient (Wildman–Crippen LogP) is 3.89. The summed E-state index contributed by atoms with van der Waals surface area (Å²) in [7, 11) is 0. The molecule has 1 saturated carbocycles. The Morgan fingerprint density at radius 1 is 1.19 bits per heavy atom. The smallest absolute Gasteiger partial charge is 0.124 e. The Kier molecular flexibility index (Phi) is 1.66. The first kappa shape index (κ1) is 8.71. The highest BCUT2D eigenvalue weighted by Gasteiger charge is 2.35.